The van der Waals surface area contributed by atoms with Crippen molar-refractivity contribution in [1.82, 2.24) is 0 Å². The van der Waals surface area contributed by atoms with Crippen LogP contribution < -0.4 is 4.74 Å². The number of benzene rings is 1. The summed E-state index contributed by atoms with van der Waals surface area (Å²) in [5.41, 5.74) is 0.870. The first-order valence-corrected chi connectivity index (χ1v) is 11.8. The first-order chi connectivity index (χ1) is 14.6. The first-order valence-electron chi connectivity index (χ1n) is 11.8. The Morgan fingerprint density at radius 2 is 1.63 bits per heavy atom. The number of carbonyl (C=O) groups is 2. The van der Waals surface area contributed by atoms with E-state index in [1.165, 1.54) is 38.2 Å². The summed E-state index contributed by atoms with van der Waals surface area (Å²) in [6.07, 6.45) is 15.5. The molecule has 30 heavy (non-hydrogen) atoms. The molecule has 0 amide bonds. The Bertz CT molecular complexity index is 654. The monoisotopic (exact) mass is 414 g/mol. The summed E-state index contributed by atoms with van der Waals surface area (Å²) in [4.78, 5) is 24.2. The van der Waals surface area contributed by atoms with Gasteiger partial charge in [-0.25, -0.2) is 4.79 Å². The second-order valence-electron chi connectivity index (χ2n) is 8.41. The second kappa shape index (κ2) is 14.0. The molecular weight excluding hydrogens is 376 g/mol. The van der Waals surface area contributed by atoms with E-state index in [0.29, 0.717) is 12.4 Å². The number of ether oxygens (including phenoxy) is 2. The molecular formula is C26H38O4. The van der Waals surface area contributed by atoms with Crippen molar-refractivity contribution < 1.29 is 19.1 Å². The third-order valence-corrected chi connectivity index (χ3v) is 5.90. The average Bonchev–Trinajstić information content (AvgIpc) is 2.77. The Morgan fingerprint density at radius 1 is 0.933 bits per heavy atom. The summed E-state index contributed by atoms with van der Waals surface area (Å²) in [5, 5.41) is 0. The number of carbonyl (C=O) groups excluding carboxylic acids is 2. The smallest absolute Gasteiger partial charge is 0.330 e. The lowest BCUT2D eigenvalue weighted by Crippen LogP contribution is -2.25. The fourth-order valence-corrected chi connectivity index (χ4v) is 3.94. The van der Waals surface area contributed by atoms with E-state index in [-0.39, 0.29) is 17.9 Å². The number of esters is 2. The molecule has 166 valence electrons. The fourth-order valence-electron chi connectivity index (χ4n) is 3.94. The standard InChI is InChI=1S/C26H38O4/c1-3-5-7-8-20-29-25(27)19-14-22-12-17-24(18-13-22)30-26(28)23-15-10-21(11-16-23)9-6-4-2/h12-14,17-19,21,23H,3-11,15-16,20H2,1-2H3. The topological polar surface area (TPSA) is 52.6 Å². The SMILES string of the molecule is CCCCCCOC(=O)C=Cc1ccc(OC(=O)C2CCC(CCCC)CC2)cc1. The van der Waals surface area contributed by atoms with E-state index in [9.17, 15) is 9.59 Å². The van der Waals surface area contributed by atoms with Gasteiger partial charge in [0, 0.05) is 6.08 Å². The molecule has 0 saturated heterocycles. The second-order valence-corrected chi connectivity index (χ2v) is 8.41. The third kappa shape index (κ3) is 9.15. The summed E-state index contributed by atoms with van der Waals surface area (Å²) in [6.45, 7) is 4.85. The molecule has 1 aliphatic carbocycles. The van der Waals surface area contributed by atoms with Crippen LogP contribution >= 0.6 is 0 Å². The van der Waals surface area contributed by atoms with Gasteiger partial charge in [0.05, 0.1) is 12.5 Å². The molecule has 1 aliphatic rings. The first kappa shape index (κ1) is 24.2. The van der Waals surface area contributed by atoms with Crippen LogP contribution in [0.4, 0.5) is 0 Å². The molecule has 0 atom stereocenters. The van der Waals surface area contributed by atoms with Crippen LogP contribution in [0.1, 0.15) is 90.0 Å². The minimum Gasteiger partial charge on any atom is -0.463 e. The molecule has 0 unspecified atom stereocenters. The van der Waals surface area contributed by atoms with E-state index in [2.05, 4.69) is 13.8 Å². The van der Waals surface area contributed by atoms with Crippen LogP contribution in [0.15, 0.2) is 30.3 Å². The van der Waals surface area contributed by atoms with Gasteiger partial charge in [0.2, 0.25) is 0 Å². The molecule has 4 heteroatoms. The van der Waals surface area contributed by atoms with Crippen LogP contribution in [0.2, 0.25) is 0 Å². The minimum absolute atomic E-state index is 0.0227. The van der Waals surface area contributed by atoms with Crippen molar-refractivity contribution in [3.63, 3.8) is 0 Å². The fraction of sp³-hybridized carbons (Fsp3) is 0.615. The zero-order chi connectivity index (χ0) is 21.6. The van der Waals surface area contributed by atoms with Gasteiger partial charge in [0.1, 0.15) is 5.75 Å². The summed E-state index contributed by atoms with van der Waals surface area (Å²) >= 11 is 0. The average molecular weight is 415 g/mol. The van der Waals surface area contributed by atoms with E-state index < -0.39 is 0 Å². The van der Waals surface area contributed by atoms with E-state index in [1.54, 1.807) is 18.2 Å². The predicted molar refractivity (Wildman–Crippen MR) is 121 cm³/mol. The molecule has 0 bridgehead atoms. The maximum absolute atomic E-state index is 12.5. The van der Waals surface area contributed by atoms with E-state index in [1.807, 2.05) is 12.1 Å². The molecule has 1 fully saturated rings. The van der Waals surface area contributed by atoms with Crippen LogP contribution in [0.25, 0.3) is 6.08 Å². The Labute approximate surface area is 182 Å². The van der Waals surface area contributed by atoms with Crippen LogP contribution in [0.3, 0.4) is 0 Å². The highest BCUT2D eigenvalue weighted by Gasteiger charge is 2.27. The van der Waals surface area contributed by atoms with Gasteiger partial charge in [-0.05, 0) is 61.8 Å². The van der Waals surface area contributed by atoms with Gasteiger partial charge >= 0.3 is 11.9 Å². The van der Waals surface area contributed by atoms with Gasteiger partial charge in [0.15, 0.2) is 0 Å². The molecule has 0 spiro atoms. The zero-order valence-electron chi connectivity index (χ0n) is 18.7. The van der Waals surface area contributed by atoms with Crippen molar-refractivity contribution in [2.45, 2.75) is 84.5 Å². The lowest BCUT2D eigenvalue weighted by atomic mass is 9.80. The molecule has 2 rings (SSSR count). The molecule has 0 heterocycles. The normalized spacial score (nSPS) is 19.0. The van der Waals surface area contributed by atoms with Crippen LogP contribution in [-0.4, -0.2) is 18.5 Å². The minimum atomic E-state index is -0.323. The van der Waals surface area contributed by atoms with Crippen LogP contribution in [0.5, 0.6) is 5.75 Å². The lowest BCUT2D eigenvalue weighted by Gasteiger charge is -2.27. The van der Waals surface area contributed by atoms with E-state index in [0.717, 1.165) is 50.0 Å². The van der Waals surface area contributed by atoms with Crippen molar-refractivity contribution in [2.24, 2.45) is 11.8 Å². The van der Waals surface area contributed by atoms with Gasteiger partial charge in [-0.1, -0.05) is 64.5 Å². The highest BCUT2D eigenvalue weighted by molar-refractivity contribution is 5.87. The van der Waals surface area contributed by atoms with Crippen molar-refractivity contribution in [3.8, 4) is 5.75 Å². The number of rotatable bonds is 12. The third-order valence-electron chi connectivity index (χ3n) is 5.90. The molecule has 0 aromatic heterocycles. The van der Waals surface area contributed by atoms with Gasteiger partial charge in [-0.15, -0.1) is 0 Å². The number of hydrogen-bond donors (Lipinski definition) is 0. The summed E-state index contributed by atoms with van der Waals surface area (Å²) < 4.78 is 10.8. The van der Waals surface area contributed by atoms with E-state index >= 15 is 0 Å². The highest BCUT2D eigenvalue weighted by Crippen LogP contribution is 2.32. The lowest BCUT2D eigenvalue weighted by molar-refractivity contribution is -0.140. The molecule has 1 saturated carbocycles. The van der Waals surface area contributed by atoms with Gasteiger partial charge in [0.25, 0.3) is 0 Å². The number of hydrogen-bond acceptors (Lipinski definition) is 4. The van der Waals surface area contributed by atoms with Crippen LogP contribution in [0, 0.1) is 11.8 Å². The molecule has 0 radical (unpaired) electrons. The van der Waals surface area contributed by atoms with Crippen molar-refractivity contribution in [1.29, 1.82) is 0 Å². The number of unbranched alkanes of at least 4 members (excludes halogenated alkanes) is 4. The Balaban J connectivity index is 1.71. The Kier molecular flexibility index (Phi) is 11.3. The molecule has 0 aliphatic heterocycles. The maximum atomic E-state index is 12.5. The Hall–Kier alpha value is -2.10. The predicted octanol–water partition coefficient (Wildman–Crippen LogP) is 6.73. The highest BCUT2D eigenvalue weighted by atomic mass is 16.5. The van der Waals surface area contributed by atoms with Crippen LogP contribution in [-0.2, 0) is 14.3 Å². The summed E-state index contributed by atoms with van der Waals surface area (Å²) in [6, 6.07) is 7.24. The molecule has 1 aromatic rings. The van der Waals surface area contributed by atoms with Gasteiger partial charge < -0.3 is 9.47 Å². The van der Waals surface area contributed by atoms with Crippen molar-refractivity contribution >= 4 is 18.0 Å². The Morgan fingerprint density at radius 3 is 2.30 bits per heavy atom. The molecule has 1 aromatic carbocycles. The van der Waals surface area contributed by atoms with Gasteiger partial charge in [-0.3, -0.25) is 4.79 Å². The maximum Gasteiger partial charge on any atom is 0.330 e. The van der Waals surface area contributed by atoms with Gasteiger partial charge in [-0.2, -0.15) is 0 Å². The molecule has 4 nitrogen and oxygen atoms in total. The van der Waals surface area contributed by atoms with Crippen molar-refractivity contribution in [2.75, 3.05) is 6.61 Å². The summed E-state index contributed by atoms with van der Waals surface area (Å²) in [5.74, 6) is 0.928. The van der Waals surface area contributed by atoms with Crippen molar-refractivity contribution in [3.05, 3.63) is 35.9 Å². The quantitative estimate of drug-likeness (QED) is 0.165. The largest absolute Gasteiger partial charge is 0.463 e. The molecule has 0 N–H and O–H groups in total. The zero-order valence-corrected chi connectivity index (χ0v) is 18.7. The van der Waals surface area contributed by atoms with E-state index in [4.69, 9.17) is 9.47 Å². The summed E-state index contributed by atoms with van der Waals surface area (Å²) in [7, 11) is 0.